The summed E-state index contributed by atoms with van der Waals surface area (Å²) in [5.41, 5.74) is 0. The van der Waals surface area contributed by atoms with E-state index in [4.69, 9.17) is 4.74 Å². The average Bonchev–Trinajstić information content (AvgIpc) is 2.38. The van der Waals surface area contributed by atoms with E-state index < -0.39 is 0 Å². The van der Waals surface area contributed by atoms with Crippen molar-refractivity contribution < 1.29 is 4.74 Å². The van der Waals surface area contributed by atoms with Gasteiger partial charge in [0.25, 0.3) is 0 Å². The van der Waals surface area contributed by atoms with Crippen molar-refractivity contribution in [2.24, 2.45) is 5.92 Å². The summed E-state index contributed by atoms with van der Waals surface area (Å²) < 4.78 is 5.60. The average molecular weight is 212 g/mol. The van der Waals surface area contributed by atoms with E-state index in [1.54, 1.807) is 0 Å². The van der Waals surface area contributed by atoms with Crippen LogP contribution in [0.4, 0.5) is 0 Å². The lowest BCUT2D eigenvalue weighted by Crippen LogP contribution is -2.52. The molecule has 2 aliphatic rings. The predicted octanol–water partition coefficient (Wildman–Crippen LogP) is 1.05. The van der Waals surface area contributed by atoms with Gasteiger partial charge < -0.3 is 9.64 Å². The summed E-state index contributed by atoms with van der Waals surface area (Å²) in [5, 5.41) is 0. The van der Waals surface area contributed by atoms with Crippen molar-refractivity contribution in [2.75, 3.05) is 39.4 Å². The minimum absolute atomic E-state index is 0.624. The van der Waals surface area contributed by atoms with Gasteiger partial charge in [-0.15, -0.1) is 0 Å². The first kappa shape index (κ1) is 11.4. The Morgan fingerprint density at radius 2 is 2.07 bits per heavy atom. The molecule has 0 amide bonds. The van der Waals surface area contributed by atoms with Crippen molar-refractivity contribution in [3.63, 3.8) is 0 Å². The number of nitrogens with zero attached hydrogens (tertiary/aromatic N) is 2. The van der Waals surface area contributed by atoms with Crippen molar-refractivity contribution >= 4 is 0 Å². The van der Waals surface area contributed by atoms with E-state index in [2.05, 4.69) is 30.6 Å². The molecule has 2 aliphatic heterocycles. The second kappa shape index (κ2) is 4.81. The first-order valence-corrected chi connectivity index (χ1v) is 6.28. The largest absolute Gasteiger partial charge is 0.378 e. The van der Waals surface area contributed by atoms with Crippen LogP contribution in [0.3, 0.4) is 0 Å². The summed E-state index contributed by atoms with van der Waals surface area (Å²) in [6, 6.07) is 1.33. The summed E-state index contributed by atoms with van der Waals surface area (Å²) in [7, 11) is 0. The van der Waals surface area contributed by atoms with Gasteiger partial charge in [-0.05, 0) is 19.4 Å². The fourth-order valence-corrected chi connectivity index (χ4v) is 2.88. The van der Waals surface area contributed by atoms with Gasteiger partial charge in [0.1, 0.15) is 0 Å². The van der Waals surface area contributed by atoms with Gasteiger partial charge in [-0.1, -0.05) is 13.8 Å². The van der Waals surface area contributed by atoms with Gasteiger partial charge in [-0.2, -0.15) is 0 Å². The molecule has 2 fully saturated rings. The molecule has 0 aliphatic carbocycles. The molecule has 2 rings (SSSR count). The highest BCUT2D eigenvalue weighted by molar-refractivity contribution is 4.88. The lowest BCUT2D eigenvalue weighted by Gasteiger charge is -2.39. The van der Waals surface area contributed by atoms with Gasteiger partial charge in [-0.3, -0.25) is 4.90 Å². The zero-order chi connectivity index (χ0) is 10.8. The van der Waals surface area contributed by atoms with Crippen molar-refractivity contribution in [3.05, 3.63) is 0 Å². The highest BCUT2D eigenvalue weighted by atomic mass is 16.5. The molecule has 88 valence electrons. The molecule has 0 aromatic heterocycles. The molecule has 0 radical (unpaired) electrons. The maximum absolute atomic E-state index is 5.60. The predicted molar refractivity (Wildman–Crippen MR) is 62.1 cm³/mol. The number of hydrogen-bond acceptors (Lipinski definition) is 3. The minimum Gasteiger partial charge on any atom is -0.378 e. The third-order valence-corrected chi connectivity index (χ3v) is 4.08. The third kappa shape index (κ3) is 2.35. The van der Waals surface area contributed by atoms with Crippen LogP contribution in [0.5, 0.6) is 0 Å². The van der Waals surface area contributed by atoms with E-state index in [1.165, 1.54) is 19.6 Å². The van der Waals surface area contributed by atoms with Crippen LogP contribution in [0.25, 0.3) is 0 Å². The standard InChI is InChI=1S/C12H24N2O/c1-4-13-7-10(2)11(3)14-5-6-15-9-12(14)8-13/h10-12H,4-9H2,1-3H3/t10-,11-,12?/m1/s1. The van der Waals surface area contributed by atoms with Crippen molar-refractivity contribution in [2.45, 2.75) is 32.9 Å². The zero-order valence-corrected chi connectivity index (χ0v) is 10.3. The zero-order valence-electron chi connectivity index (χ0n) is 10.3. The summed E-state index contributed by atoms with van der Waals surface area (Å²) in [4.78, 5) is 5.23. The first-order valence-electron chi connectivity index (χ1n) is 6.28. The summed E-state index contributed by atoms with van der Waals surface area (Å²) in [6.45, 7) is 13.6. The molecule has 15 heavy (non-hydrogen) atoms. The Bertz CT molecular complexity index is 210. The van der Waals surface area contributed by atoms with Gasteiger partial charge in [0.15, 0.2) is 0 Å². The fourth-order valence-electron chi connectivity index (χ4n) is 2.88. The molecule has 2 saturated heterocycles. The molecule has 3 heteroatoms. The van der Waals surface area contributed by atoms with Gasteiger partial charge >= 0.3 is 0 Å². The Labute approximate surface area is 93.4 Å². The Morgan fingerprint density at radius 1 is 1.27 bits per heavy atom. The van der Waals surface area contributed by atoms with Crippen LogP contribution < -0.4 is 0 Å². The third-order valence-electron chi connectivity index (χ3n) is 4.08. The summed E-state index contributed by atoms with van der Waals surface area (Å²) in [6.07, 6.45) is 0. The maximum Gasteiger partial charge on any atom is 0.0635 e. The highest BCUT2D eigenvalue weighted by Gasteiger charge is 2.34. The maximum atomic E-state index is 5.60. The van der Waals surface area contributed by atoms with Crippen LogP contribution in [0.15, 0.2) is 0 Å². The second-order valence-corrected chi connectivity index (χ2v) is 5.04. The minimum atomic E-state index is 0.624. The van der Waals surface area contributed by atoms with Crippen LogP contribution in [0.2, 0.25) is 0 Å². The van der Waals surface area contributed by atoms with E-state index >= 15 is 0 Å². The van der Waals surface area contributed by atoms with Crippen molar-refractivity contribution in [1.82, 2.24) is 9.80 Å². The van der Waals surface area contributed by atoms with E-state index in [9.17, 15) is 0 Å². The van der Waals surface area contributed by atoms with Crippen LogP contribution in [-0.2, 0) is 4.74 Å². The van der Waals surface area contributed by atoms with Gasteiger partial charge in [-0.25, -0.2) is 0 Å². The SMILES string of the molecule is CCN1CC2COCCN2[C@H](C)[C@H](C)C1. The Hall–Kier alpha value is -0.120. The molecule has 0 bridgehead atoms. The smallest absolute Gasteiger partial charge is 0.0635 e. The normalized spacial score (nSPS) is 39.8. The van der Waals surface area contributed by atoms with Crippen LogP contribution in [0.1, 0.15) is 20.8 Å². The van der Waals surface area contributed by atoms with E-state index in [-0.39, 0.29) is 0 Å². The Balaban J connectivity index is 2.10. The van der Waals surface area contributed by atoms with Crippen molar-refractivity contribution in [3.8, 4) is 0 Å². The Morgan fingerprint density at radius 3 is 2.80 bits per heavy atom. The summed E-state index contributed by atoms with van der Waals surface area (Å²) >= 11 is 0. The second-order valence-electron chi connectivity index (χ2n) is 5.04. The molecule has 0 saturated carbocycles. The molecule has 0 aromatic rings. The highest BCUT2D eigenvalue weighted by Crippen LogP contribution is 2.22. The topological polar surface area (TPSA) is 15.7 Å². The molecule has 3 atom stereocenters. The molecule has 3 nitrogen and oxygen atoms in total. The number of morpholine rings is 1. The molecule has 0 aromatic carbocycles. The fraction of sp³-hybridized carbons (Fsp3) is 1.00. The monoisotopic (exact) mass is 212 g/mol. The lowest BCUT2D eigenvalue weighted by molar-refractivity contribution is -0.0292. The van der Waals surface area contributed by atoms with Crippen LogP contribution in [-0.4, -0.2) is 61.3 Å². The van der Waals surface area contributed by atoms with E-state index in [0.29, 0.717) is 12.1 Å². The number of fused-ring (bicyclic) bond motifs is 1. The number of ether oxygens (including phenoxy) is 1. The molecule has 2 heterocycles. The molecule has 1 unspecified atom stereocenters. The molecule has 0 N–H and O–H groups in total. The Kier molecular flexibility index (Phi) is 3.65. The number of hydrogen-bond donors (Lipinski definition) is 0. The van der Waals surface area contributed by atoms with Gasteiger partial charge in [0.05, 0.1) is 13.2 Å². The molecule has 0 spiro atoms. The quantitative estimate of drug-likeness (QED) is 0.646. The first-order chi connectivity index (χ1) is 7.22. The van der Waals surface area contributed by atoms with Crippen LogP contribution >= 0.6 is 0 Å². The van der Waals surface area contributed by atoms with Crippen LogP contribution in [0, 0.1) is 5.92 Å². The molecular formula is C12H24N2O. The van der Waals surface area contributed by atoms with Gasteiger partial charge in [0.2, 0.25) is 0 Å². The van der Waals surface area contributed by atoms with Gasteiger partial charge in [0, 0.05) is 31.7 Å². The van der Waals surface area contributed by atoms with E-state index in [0.717, 1.165) is 25.7 Å². The summed E-state index contributed by atoms with van der Waals surface area (Å²) in [5.74, 6) is 0.771. The number of likely N-dealkylation sites (N-methyl/N-ethyl adjacent to an activating group) is 1. The van der Waals surface area contributed by atoms with E-state index in [1.807, 2.05) is 0 Å². The lowest BCUT2D eigenvalue weighted by atomic mass is 10.0. The molecular weight excluding hydrogens is 188 g/mol. The van der Waals surface area contributed by atoms with Crippen molar-refractivity contribution in [1.29, 1.82) is 0 Å². The number of rotatable bonds is 1.